The molecule has 2 atom stereocenters. The highest BCUT2D eigenvalue weighted by Gasteiger charge is 2.43. The van der Waals surface area contributed by atoms with Gasteiger partial charge in [-0.3, -0.25) is 9.69 Å². The highest BCUT2D eigenvalue weighted by molar-refractivity contribution is 7.99. The van der Waals surface area contributed by atoms with Crippen LogP contribution in [0.4, 0.5) is 10.5 Å². The van der Waals surface area contributed by atoms with Gasteiger partial charge in [0, 0.05) is 24.9 Å². The molecule has 1 aromatic rings. The van der Waals surface area contributed by atoms with E-state index in [-0.39, 0.29) is 11.9 Å². The number of carbonyl (C=O) groups excluding carboxylic acids is 2. The standard InChI is InChI=1S/C20H25ClN4O3S/c1-20(2,3)28-19(27)25-11-14(9-17(25)18(26)24-6-7-29-12-24)23-16-5-4-13(10-22)8-15(16)21/h4-5,8,14,17,23H,6-7,9,11-12H2,1-3H3/t14-,17-/m0/s1. The fourth-order valence-corrected chi connectivity index (χ4v) is 4.61. The molecule has 0 aromatic heterocycles. The fraction of sp³-hybridized carbons (Fsp3) is 0.550. The third-order valence-electron chi connectivity index (χ3n) is 4.74. The Hall–Kier alpha value is -2.11. The SMILES string of the molecule is CC(C)(C)OC(=O)N1C[C@@H](Nc2ccc(C#N)cc2Cl)C[C@H]1C(=O)N1CCSC1. The summed E-state index contributed by atoms with van der Waals surface area (Å²) < 4.78 is 5.54. The van der Waals surface area contributed by atoms with E-state index in [2.05, 4.69) is 11.4 Å². The fourth-order valence-electron chi connectivity index (χ4n) is 3.42. The molecule has 29 heavy (non-hydrogen) atoms. The molecule has 2 amide bonds. The molecule has 0 radical (unpaired) electrons. The molecule has 2 fully saturated rings. The second-order valence-corrected chi connectivity index (χ2v) is 9.65. The van der Waals surface area contributed by atoms with Crippen molar-refractivity contribution in [3.8, 4) is 6.07 Å². The molecule has 2 heterocycles. The molecule has 2 saturated heterocycles. The molecule has 1 N–H and O–H groups in total. The van der Waals surface area contributed by atoms with Crippen LogP contribution in [0, 0.1) is 11.3 Å². The summed E-state index contributed by atoms with van der Waals surface area (Å²) in [6, 6.07) is 6.34. The predicted octanol–water partition coefficient (Wildman–Crippen LogP) is 3.53. The van der Waals surface area contributed by atoms with Crippen molar-refractivity contribution in [3.05, 3.63) is 28.8 Å². The molecule has 0 saturated carbocycles. The van der Waals surface area contributed by atoms with Gasteiger partial charge >= 0.3 is 6.09 Å². The Kier molecular flexibility index (Phi) is 6.49. The van der Waals surface area contributed by atoms with Crippen LogP contribution in [-0.2, 0) is 9.53 Å². The Balaban J connectivity index is 1.77. The van der Waals surface area contributed by atoms with Gasteiger partial charge in [0.2, 0.25) is 5.91 Å². The van der Waals surface area contributed by atoms with Crippen LogP contribution in [0.15, 0.2) is 18.2 Å². The summed E-state index contributed by atoms with van der Waals surface area (Å²) >= 11 is 7.99. The van der Waals surface area contributed by atoms with E-state index < -0.39 is 17.7 Å². The van der Waals surface area contributed by atoms with E-state index in [9.17, 15) is 9.59 Å². The van der Waals surface area contributed by atoms with Gasteiger partial charge < -0.3 is 15.0 Å². The van der Waals surface area contributed by atoms with Crippen LogP contribution in [0.3, 0.4) is 0 Å². The number of nitriles is 1. The summed E-state index contributed by atoms with van der Waals surface area (Å²) in [4.78, 5) is 29.1. The topological polar surface area (TPSA) is 85.7 Å². The van der Waals surface area contributed by atoms with Crippen LogP contribution in [0.2, 0.25) is 5.02 Å². The summed E-state index contributed by atoms with van der Waals surface area (Å²) in [6.45, 7) is 6.45. The molecule has 1 aromatic carbocycles. The maximum atomic E-state index is 13.0. The van der Waals surface area contributed by atoms with Crippen LogP contribution >= 0.6 is 23.4 Å². The van der Waals surface area contributed by atoms with Gasteiger partial charge in [0.25, 0.3) is 0 Å². The number of benzene rings is 1. The molecule has 2 aliphatic rings. The first-order valence-electron chi connectivity index (χ1n) is 9.50. The van der Waals surface area contributed by atoms with Gasteiger partial charge in [0.15, 0.2) is 0 Å². The number of ether oxygens (including phenoxy) is 1. The average Bonchev–Trinajstić information content (AvgIpc) is 3.31. The number of nitrogens with zero attached hydrogens (tertiary/aromatic N) is 3. The minimum Gasteiger partial charge on any atom is -0.444 e. The van der Waals surface area contributed by atoms with Crippen LogP contribution in [0.5, 0.6) is 0 Å². The summed E-state index contributed by atoms with van der Waals surface area (Å²) in [5, 5.41) is 12.7. The number of carbonyl (C=O) groups is 2. The molecule has 0 spiro atoms. The quantitative estimate of drug-likeness (QED) is 0.780. The van der Waals surface area contributed by atoms with Crippen molar-refractivity contribution in [3.63, 3.8) is 0 Å². The van der Waals surface area contributed by atoms with E-state index in [0.717, 1.165) is 5.75 Å². The van der Waals surface area contributed by atoms with E-state index in [4.69, 9.17) is 21.6 Å². The van der Waals surface area contributed by atoms with E-state index in [1.807, 2.05) is 0 Å². The molecule has 9 heteroatoms. The molecule has 7 nitrogen and oxygen atoms in total. The summed E-state index contributed by atoms with van der Waals surface area (Å²) in [6.07, 6.45) is -0.0202. The first-order valence-corrected chi connectivity index (χ1v) is 11.0. The summed E-state index contributed by atoms with van der Waals surface area (Å²) in [5.74, 6) is 1.51. The normalized spacial score (nSPS) is 21.8. The Labute approximate surface area is 180 Å². The molecule has 3 rings (SSSR count). The number of thioether (sulfide) groups is 1. The van der Waals surface area contributed by atoms with Crippen molar-refractivity contribution in [2.24, 2.45) is 0 Å². The monoisotopic (exact) mass is 436 g/mol. The Bertz CT molecular complexity index is 830. The zero-order chi connectivity index (χ0) is 21.2. The maximum Gasteiger partial charge on any atom is 0.411 e. The highest BCUT2D eigenvalue weighted by Crippen LogP contribution is 2.30. The Morgan fingerprint density at radius 3 is 2.72 bits per heavy atom. The van der Waals surface area contributed by atoms with Crippen LogP contribution in [-0.4, -0.2) is 64.2 Å². The summed E-state index contributed by atoms with van der Waals surface area (Å²) in [5.41, 5.74) is 0.502. The van der Waals surface area contributed by atoms with Gasteiger partial charge in [-0.1, -0.05) is 11.6 Å². The minimum absolute atomic E-state index is 0.0453. The number of hydrogen-bond acceptors (Lipinski definition) is 6. The van der Waals surface area contributed by atoms with Crippen molar-refractivity contribution < 1.29 is 14.3 Å². The number of anilines is 1. The lowest BCUT2D eigenvalue weighted by molar-refractivity contribution is -0.134. The van der Waals surface area contributed by atoms with Gasteiger partial charge in [-0.2, -0.15) is 5.26 Å². The molecular formula is C20H25ClN4O3S. The molecule has 2 aliphatic heterocycles. The second-order valence-electron chi connectivity index (χ2n) is 8.17. The number of likely N-dealkylation sites (tertiary alicyclic amines) is 1. The van der Waals surface area contributed by atoms with E-state index in [1.54, 1.807) is 55.6 Å². The van der Waals surface area contributed by atoms with Crippen LogP contribution in [0.25, 0.3) is 0 Å². The number of amides is 2. The lowest BCUT2D eigenvalue weighted by atomic mass is 10.1. The van der Waals surface area contributed by atoms with Crippen molar-refractivity contribution in [1.82, 2.24) is 9.80 Å². The van der Waals surface area contributed by atoms with Crippen molar-refractivity contribution >= 4 is 41.1 Å². The van der Waals surface area contributed by atoms with Gasteiger partial charge in [0.1, 0.15) is 11.6 Å². The van der Waals surface area contributed by atoms with Gasteiger partial charge in [0.05, 0.1) is 28.2 Å². The average molecular weight is 437 g/mol. The third kappa shape index (κ3) is 5.28. The first kappa shape index (κ1) is 21.6. The predicted molar refractivity (Wildman–Crippen MR) is 114 cm³/mol. The smallest absolute Gasteiger partial charge is 0.411 e. The van der Waals surface area contributed by atoms with Crippen molar-refractivity contribution in [2.75, 3.05) is 30.0 Å². The number of nitrogens with one attached hydrogen (secondary N) is 1. The molecule has 0 aliphatic carbocycles. The minimum atomic E-state index is -0.643. The van der Waals surface area contributed by atoms with E-state index in [0.29, 0.717) is 41.7 Å². The number of hydrogen-bond donors (Lipinski definition) is 1. The Morgan fingerprint density at radius 1 is 1.38 bits per heavy atom. The van der Waals surface area contributed by atoms with Gasteiger partial charge in [-0.05, 0) is 45.4 Å². The summed E-state index contributed by atoms with van der Waals surface area (Å²) in [7, 11) is 0. The Morgan fingerprint density at radius 2 is 2.14 bits per heavy atom. The largest absolute Gasteiger partial charge is 0.444 e. The van der Waals surface area contributed by atoms with Crippen molar-refractivity contribution in [1.29, 1.82) is 5.26 Å². The zero-order valence-electron chi connectivity index (χ0n) is 16.8. The molecular weight excluding hydrogens is 412 g/mol. The van der Waals surface area contributed by atoms with Crippen molar-refractivity contribution in [2.45, 2.75) is 44.9 Å². The first-order chi connectivity index (χ1) is 13.7. The van der Waals surface area contributed by atoms with Crippen LogP contribution < -0.4 is 5.32 Å². The molecule has 0 bridgehead atoms. The number of rotatable bonds is 3. The number of halogens is 1. The third-order valence-corrected chi connectivity index (χ3v) is 6.01. The lowest BCUT2D eigenvalue weighted by Gasteiger charge is -2.29. The van der Waals surface area contributed by atoms with Gasteiger partial charge in [-0.25, -0.2) is 4.79 Å². The second kappa shape index (κ2) is 8.72. The van der Waals surface area contributed by atoms with Crippen LogP contribution in [0.1, 0.15) is 32.8 Å². The molecule has 0 unspecified atom stereocenters. The van der Waals surface area contributed by atoms with Gasteiger partial charge in [-0.15, -0.1) is 11.8 Å². The lowest BCUT2D eigenvalue weighted by Crippen LogP contribution is -2.48. The highest BCUT2D eigenvalue weighted by atomic mass is 35.5. The molecule has 156 valence electrons. The zero-order valence-corrected chi connectivity index (χ0v) is 18.3. The maximum absolute atomic E-state index is 13.0. The van der Waals surface area contributed by atoms with E-state index in [1.165, 1.54) is 4.90 Å². The van der Waals surface area contributed by atoms with E-state index >= 15 is 0 Å².